The van der Waals surface area contributed by atoms with Gasteiger partial charge < -0.3 is 15.6 Å². The second-order valence-electron chi connectivity index (χ2n) is 8.07. The van der Waals surface area contributed by atoms with E-state index in [9.17, 15) is 4.39 Å². The zero-order valence-electron chi connectivity index (χ0n) is 18.7. The summed E-state index contributed by atoms with van der Waals surface area (Å²) in [7, 11) is 0. The van der Waals surface area contributed by atoms with Gasteiger partial charge in [-0.1, -0.05) is 18.2 Å². The highest BCUT2D eigenvalue weighted by molar-refractivity contribution is 5.88. The van der Waals surface area contributed by atoms with Gasteiger partial charge in [-0.3, -0.25) is 4.98 Å². The molecule has 0 radical (unpaired) electrons. The van der Waals surface area contributed by atoms with E-state index < -0.39 is 0 Å². The SMILES string of the molecule is Cc1nc(NCCc2c(C)[nH]c3c(F)ccc(C)c23)cc(Nc2cnc3ccccc3n2)n1. The molecule has 5 aromatic rings. The van der Waals surface area contributed by atoms with Crippen molar-refractivity contribution >= 4 is 39.4 Å². The van der Waals surface area contributed by atoms with Crippen LogP contribution in [0, 0.1) is 26.6 Å². The Labute approximate surface area is 190 Å². The molecular weight excluding hydrogens is 417 g/mol. The van der Waals surface area contributed by atoms with Crippen LogP contribution in [-0.4, -0.2) is 31.5 Å². The van der Waals surface area contributed by atoms with Gasteiger partial charge in [0.2, 0.25) is 0 Å². The molecule has 0 saturated carbocycles. The van der Waals surface area contributed by atoms with Crippen molar-refractivity contribution in [3.05, 3.63) is 77.1 Å². The molecule has 3 heterocycles. The van der Waals surface area contributed by atoms with Gasteiger partial charge in [0.1, 0.15) is 23.3 Å². The number of fused-ring (bicyclic) bond motifs is 2. The van der Waals surface area contributed by atoms with Crippen LogP contribution in [0.15, 0.2) is 48.7 Å². The molecule has 3 N–H and O–H groups in total. The quantitative estimate of drug-likeness (QED) is 0.328. The molecule has 0 unspecified atom stereocenters. The lowest BCUT2D eigenvalue weighted by molar-refractivity contribution is 0.637. The summed E-state index contributed by atoms with van der Waals surface area (Å²) in [5.74, 6) is 2.37. The predicted molar refractivity (Wildman–Crippen MR) is 130 cm³/mol. The standard InChI is InChI=1S/C25H24FN7/c1-14-8-9-18(26)25-24(14)17(15(2)29-25)10-11-27-21-12-22(31-16(3)30-21)33-23-13-28-19-6-4-5-7-20(19)32-23/h4-9,12-13,29H,10-11H2,1-3H3,(H2,27,30,31,32,33). The fourth-order valence-corrected chi connectivity index (χ4v) is 4.14. The number of halogens is 1. The molecule has 0 aliphatic rings. The molecule has 8 heteroatoms. The first-order valence-corrected chi connectivity index (χ1v) is 10.8. The van der Waals surface area contributed by atoms with Gasteiger partial charge in [-0.25, -0.2) is 19.3 Å². The van der Waals surface area contributed by atoms with Crippen LogP contribution in [0.1, 0.15) is 22.6 Å². The fourth-order valence-electron chi connectivity index (χ4n) is 4.14. The van der Waals surface area contributed by atoms with Gasteiger partial charge >= 0.3 is 0 Å². The summed E-state index contributed by atoms with van der Waals surface area (Å²) in [6.07, 6.45) is 2.42. The lowest BCUT2D eigenvalue weighted by atomic mass is 10.0. The minimum atomic E-state index is -0.225. The van der Waals surface area contributed by atoms with Crippen molar-refractivity contribution in [2.45, 2.75) is 27.2 Å². The average molecular weight is 442 g/mol. The van der Waals surface area contributed by atoms with E-state index in [0.29, 0.717) is 35.3 Å². The van der Waals surface area contributed by atoms with Gasteiger partial charge in [-0.2, -0.15) is 0 Å². The van der Waals surface area contributed by atoms with Gasteiger partial charge in [0.25, 0.3) is 0 Å². The van der Waals surface area contributed by atoms with Crippen molar-refractivity contribution in [3.8, 4) is 0 Å². The molecule has 5 rings (SSSR count). The van der Waals surface area contributed by atoms with Crippen LogP contribution in [0.2, 0.25) is 0 Å². The summed E-state index contributed by atoms with van der Waals surface area (Å²) in [4.78, 5) is 21.2. The monoisotopic (exact) mass is 441 g/mol. The summed E-state index contributed by atoms with van der Waals surface area (Å²) in [5.41, 5.74) is 5.38. The molecule has 0 aliphatic carbocycles. The van der Waals surface area contributed by atoms with E-state index in [1.54, 1.807) is 6.20 Å². The Kier molecular flexibility index (Phi) is 5.34. The second-order valence-corrected chi connectivity index (χ2v) is 8.07. The molecule has 0 saturated heterocycles. The maximum Gasteiger partial charge on any atom is 0.150 e. The van der Waals surface area contributed by atoms with Crippen molar-refractivity contribution in [3.63, 3.8) is 0 Å². The lowest BCUT2D eigenvalue weighted by Crippen LogP contribution is -2.09. The second kappa shape index (κ2) is 8.46. The summed E-state index contributed by atoms with van der Waals surface area (Å²) in [5, 5.41) is 7.55. The van der Waals surface area contributed by atoms with Gasteiger partial charge in [-0.05, 0) is 56.5 Å². The van der Waals surface area contributed by atoms with E-state index in [0.717, 1.165) is 39.7 Å². The molecule has 7 nitrogen and oxygen atoms in total. The van der Waals surface area contributed by atoms with Gasteiger partial charge in [-0.15, -0.1) is 0 Å². The van der Waals surface area contributed by atoms with Gasteiger partial charge in [0.15, 0.2) is 5.82 Å². The van der Waals surface area contributed by atoms with E-state index in [1.165, 1.54) is 6.07 Å². The highest BCUT2D eigenvalue weighted by atomic mass is 19.1. The number of para-hydroxylation sites is 2. The molecule has 166 valence electrons. The van der Waals surface area contributed by atoms with E-state index in [1.807, 2.05) is 57.2 Å². The fraction of sp³-hybridized carbons (Fsp3) is 0.200. The highest BCUT2D eigenvalue weighted by Crippen LogP contribution is 2.28. The number of hydrogen-bond acceptors (Lipinski definition) is 6. The largest absolute Gasteiger partial charge is 0.370 e. The Balaban J connectivity index is 1.32. The number of rotatable bonds is 6. The third-order valence-electron chi connectivity index (χ3n) is 5.65. The van der Waals surface area contributed by atoms with Crippen LogP contribution in [0.4, 0.5) is 21.8 Å². The Morgan fingerprint density at radius 1 is 0.909 bits per heavy atom. The number of hydrogen-bond donors (Lipinski definition) is 3. The number of nitrogens with one attached hydrogen (secondary N) is 3. The lowest BCUT2D eigenvalue weighted by Gasteiger charge is -2.11. The predicted octanol–water partition coefficient (Wildman–Crippen LogP) is 5.36. The number of H-pyrrole nitrogens is 1. The first-order valence-electron chi connectivity index (χ1n) is 10.8. The number of aromatic nitrogens is 5. The highest BCUT2D eigenvalue weighted by Gasteiger charge is 2.14. The van der Waals surface area contributed by atoms with Crippen molar-refractivity contribution in [2.75, 3.05) is 17.2 Å². The number of anilines is 3. The third-order valence-corrected chi connectivity index (χ3v) is 5.65. The maximum absolute atomic E-state index is 14.2. The first kappa shape index (κ1) is 20.8. The minimum absolute atomic E-state index is 0.225. The molecule has 0 fully saturated rings. The summed E-state index contributed by atoms with van der Waals surface area (Å²) in [6.45, 7) is 6.48. The molecule has 0 spiro atoms. The smallest absolute Gasteiger partial charge is 0.150 e. The molecular formula is C25H24FN7. The van der Waals surface area contributed by atoms with Crippen molar-refractivity contribution < 1.29 is 4.39 Å². The van der Waals surface area contributed by atoms with Crippen molar-refractivity contribution in [1.82, 2.24) is 24.9 Å². The molecule has 3 aromatic heterocycles. The summed E-state index contributed by atoms with van der Waals surface area (Å²) in [6, 6.07) is 12.9. The molecule has 0 aliphatic heterocycles. The summed E-state index contributed by atoms with van der Waals surface area (Å²) < 4.78 is 14.2. The molecule has 0 atom stereocenters. The van der Waals surface area contributed by atoms with Gasteiger partial charge in [0, 0.05) is 23.7 Å². The van der Waals surface area contributed by atoms with E-state index in [4.69, 9.17) is 0 Å². The molecule has 0 bridgehead atoms. The van der Waals surface area contributed by atoms with Crippen LogP contribution in [-0.2, 0) is 6.42 Å². The van der Waals surface area contributed by atoms with E-state index in [-0.39, 0.29) is 5.82 Å². The minimum Gasteiger partial charge on any atom is -0.370 e. The normalized spacial score (nSPS) is 11.3. The Hall–Kier alpha value is -4.07. The van der Waals surface area contributed by atoms with Crippen LogP contribution in [0.3, 0.4) is 0 Å². The molecule has 33 heavy (non-hydrogen) atoms. The van der Waals surface area contributed by atoms with Gasteiger partial charge in [0.05, 0.1) is 22.7 Å². The van der Waals surface area contributed by atoms with E-state index >= 15 is 0 Å². The molecule has 0 amide bonds. The third kappa shape index (κ3) is 4.19. The van der Waals surface area contributed by atoms with Crippen LogP contribution >= 0.6 is 0 Å². The Morgan fingerprint density at radius 3 is 2.55 bits per heavy atom. The van der Waals surface area contributed by atoms with Crippen LogP contribution in [0.5, 0.6) is 0 Å². The first-order chi connectivity index (χ1) is 16.0. The topological polar surface area (TPSA) is 91.4 Å². The average Bonchev–Trinajstić information content (AvgIpc) is 3.13. The van der Waals surface area contributed by atoms with Crippen molar-refractivity contribution in [2.24, 2.45) is 0 Å². The number of aryl methyl sites for hydroxylation is 3. The Morgan fingerprint density at radius 2 is 1.70 bits per heavy atom. The number of aromatic amines is 1. The molecule has 2 aromatic carbocycles. The van der Waals surface area contributed by atoms with Crippen LogP contribution < -0.4 is 10.6 Å². The maximum atomic E-state index is 14.2. The van der Waals surface area contributed by atoms with Crippen molar-refractivity contribution in [1.29, 1.82) is 0 Å². The Bertz CT molecular complexity index is 1480. The zero-order valence-corrected chi connectivity index (χ0v) is 18.7. The van der Waals surface area contributed by atoms with E-state index in [2.05, 4.69) is 35.6 Å². The number of nitrogens with zero attached hydrogens (tertiary/aromatic N) is 4. The zero-order chi connectivity index (χ0) is 22.9. The number of benzene rings is 2. The van der Waals surface area contributed by atoms with Crippen LogP contribution in [0.25, 0.3) is 21.9 Å². The summed E-state index contributed by atoms with van der Waals surface area (Å²) >= 11 is 0.